The molecule has 2 heteroatoms. The monoisotopic (exact) mass is 203 g/mol. The molecule has 0 aliphatic carbocycles. The van der Waals surface area contributed by atoms with Crippen molar-refractivity contribution in [3.63, 3.8) is 0 Å². The van der Waals surface area contributed by atoms with Crippen LogP contribution in [0, 0.1) is 19.3 Å². The zero-order valence-electron chi connectivity index (χ0n) is 9.12. The predicted molar refractivity (Wildman–Crippen MR) is 63.0 cm³/mol. The number of benzene rings is 1. The molecule has 0 aliphatic rings. The number of hydrogen-bond donors (Lipinski definition) is 1. The summed E-state index contributed by atoms with van der Waals surface area (Å²) in [7, 11) is 0. The second-order valence-electron chi connectivity index (χ2n) is 3.37. The van der Waals surface area contributed by atoms with Gasteiger partial charge in [-0.1, -0.05) is 12.1 Å². The maximum atomic E-state index is 5.55. The van der Waals surface area contributed by atoms with Crippen molar-refractivity contribution < 1.29 is 4.74 Å². The molecule has 0 saturated carbocycles. The number of rotatable bonds is 6. The van der Waals surface area contributed by atoms with Gasteiger partial charge in [-0.15, -0.1) is 12.3 Å². The van der Waals surface area contributed by atoms with Crippen LogP contribution in [0.1, 0.15) is 12.0 Å². The Morgan fingerprint density at radius 3 is 3.00 bits per heavy atom. The molecule has 1 rings (SSSR count). The highest BCUT2D eigenvalue weighted by atomic mass is 16.5. The molecule has 0 spiro atoms. The first-order valence-corrected chi connectivity index (χ1v) is 5.16. The van der Waals surface area contributed by atoms with Gasteiger partial charge in [0.2, 0.25) is 0 Å². The van der Waals surface area contributed by atoms with Gasteiger partial charge in [-0.05, 0) is 24.6 Å². The number of terminal acetylenes is 1. The first-order chi connectivity index (χ1) is 7.33. The van der Waals surface area contributed by atoms with Gasteiger partial charge in [-0.2, -0.15) is 0 Å². The van der Waals surface area contributed by atoms with E-state index in [0.29, 0.717) is 6.61 Å². The van der Waals surface area contributed by atoms with Gasteiger partial charge in [0.25, 0.3) is 0 Å². The molecule has 0 amide bonds. The topological polar surface area (TPSA) is 21.3 Å². The summed E-state index contributed by atoms with van der Waals surface area (Å²) in [6.45, 7) is 4.41. The Morgan fingerprint density at radius 1 is 1.40 bits per heavy atom. The van der Waals surface area contributed by atoms with Crippen LogP contribution in [0.15, 0.2) is 24.3 Å². The van der Waals surface area contributed by atoms with E-state index >= 15 is 0 Å². The van der Waals surface area contributed by atoms with Gasteiger partial charge in [0.15, 0.2) is 0 Å². The van der Waals surface area contributed by atoms with E-state index in [-0.39, 0.29) is 0 Å². The Kier molecular flexibility index (Phi) is 5.35. The van der Waals surface area contributed by atoms with E-state index < -0.39 is 0 Å². The Hall–Kier alpha value is -1.46. The number of hydrogen-bond acceptors (Lipinski definition) is 2. The van der Waals surface area contributed by atoms with Crippen LogP contribution in [0.3, 0.4) is 0 Å². The standard InChI is InChI=1S/C13H17NO/c1-3-4-8-14-9-10-15-13-7-5-6-12(2)11-13/h1,5-7,11,14H,4,8-10H2,2H3. The normalized spacial score (nSPS) is 9.60. The van der Waals surface area contributed by atoms with Crippen molar-refractivity contribution in [3.05, 3.63) is 29.8 Å². The van der Waals surface area contributed by atoms with Gasteiger partial charge in [0, 0.05) is 19.5 Å². The van der Waals surface area contributed by atoms with E-state index in [2.05, 4.69) is 24.2 Å². The van der Waals surface area contributed by atoms with E-state index in [4.69, 9.17) is 11.2 Å². The van der Waals surface area contributed by atoms with Gasteiger partial charge in [-0.25, -0.2) is 0 Å². The molecule has 2 nitrogen and oxygen atoms in total. The van der Waals surface area contributed by atoms with Crippen LogP contribution in [0.4, 0.5) is 0 Å². The van der Waals surface area contributed by atoms with E-state index in [1.165, 1.54) is 5.56 Å². The second-order valence-corrected chi connectivity index (χ2v) is 3.37. The summed E-state index contributed by atoms with van der Waals surface area (Å²) in [6.07, 6.45) is 5.90. The minimum atomic E-state index is 0.675. The molecule has 0 atom stereocenters. The molecule has 80 valence electrons. The van der Waals surface area contributed by atoms with Crippen molar-refractivity contribution in [1.29, 1.82) is 0 Å². The largest absolute Gasteiger partial charge is 0.492 e. The quantitative estimate of drug-likeness (QED) is 0.564. The van der Waals surface area contributed by atoms with Gasteiger partial charge < -0.3 is 10.1 Å². The highest BCUT2D eigenvalue weighted by Gasteiger charge is 1.92. The van der Waals surface area contributed by atoms with Crippen molar-refractivity contribution in [2.24, 2.45) is 0 Å². The third-order valence-electron chi connectivity index (χ3n) is 1.98. The van der Waals surface area contributed by atoms with Crippen molar-refractivity contribution in [2.75, 3.05) is 19.7 Å². The minimum absolute atomic E-state index is 0.675. The van der Waals surface area contributed by atoms with E-state index in [1.807, 2.05) is 18.2 Å². The molecule has 0 aromatic heterocycles. The lowest BCUT2D eigenvalue weighted by Gasteiger charge is -2.07. The number of aryl methyl sites for hydroxylation is 1. The lowest BCUT2D eigenvalue weighted by molar-refractivity contribution is 0.314. The van der Waals surface area contributed by atoms with Crippen LogP contribution < -0.4 is 10.1 Å². The zero-order valence-corrected chi connectivity index (χ0v) is 9.12. The summed E-state index contributed by atoms with van der Waals surface area (Å²) in [6, 6.07) is 8.05. The molecule has 0 heterocycles. The Bertz CT molecular complexity index is 328. The predicted octanol–water partition coefficient (Wildman–Crippen LogP) is 1.99. The fraction of sp³-hybridized carbons (Fsp3) is 0.385. The van der Waals surface area contributed by atoms with Crippen LogP contribution in [-0.2, 0) is 0 Å². The Morgan fingerprint density at radius 2 is 2.27 bits per heavy atom. The Labute approximate surface area is 91.6 Å². The van der Waals surface area contributed by atoms with Crippen molar-refractivity contribution >= 4 is 0 Å². The smallest absolute Gasteiger partial charge is 0.119 e. The van der Waals surface area contributed by atoms with Crippen LogP contribution in [0.2, 0.25) is 0 Å². The van der Waals surface area contributed by atoms with E-state index in [1.54, 1.807) is 0 Å². The second kappa shape index (κ2) is 6.92. The van der Waals surface area contributed by atoms with E-state index in [9.17, 15) is 0 Å². The molecule has 0 radical (unpaired) electrons. The highest BCUT2D eigenvalue weighted by Crippen LogP contribution is 2.11. The van der Waals surface area contributed by atoms with E-state index in [0.717, 1.165) is 25.3 Å². The molecule has 15 heavy (non-hydrogen) atoms. The maximum Gasteiger partial charge on any atom is 0.119 e. The molecule has 1 aromatic rings. The van der Waals surface area contributed by atoms with Crippen LogP contribution in [0.25, 0.3) is 0 Å². The third kappa shape index (κ3) is 5.09. The van der Waals surface area contributed by atoms with Crippen LogP contribution in [0.5, 0.6) is 5.75 Å². The Balaban J connectivity index is 2.13. The van der Waals surface area contributed by atoms with Crippen LogP contribution in [-0.4, -0.2) is 19.7 Å². The molecule has 0 saturated heterocycles. The average molecular weight is 203 g/mol. The summed E-state index contributed by atoms with van der Waals surface area (Å²) in [5.74, 6) is 3.51. The molecule has 0 aliphatic heterocycles. The van der Waals surface area contributed by atoms with Crippen molar-refractivity contribution in [1.82, 2.24) is 5.32 Å². The fourth-order valence-electron chi connectivity index (χ4n) is 1.23. The number of ether oxygens (including phenoxy) is 1. The van der Waals surface area contributed by atoms with Crippen molar-refractivity contribution in [3.8, 4) is 18.1 Å². The van der Waals surface area contributed by atoms with Gasteiger partial charge in [-0.3, -0.25) is 0 Å². The summed E-state index contributed by atoms with van der Waals surface area (Å²) in [4.78, 5) is 0. The maximum absolute atomic E-state index is 5.55. The first-order valence-electron chi connectivity index (χ1n) is 5.16. The first kappa shape index (κ1) is 11.6. The molecule has 1 aromatic carbocycles. The number of nitrogens with one attached hydrogen (secondary N) is 1. The molecular formula is C13H17NO. The molecular weight excluding hydrogens is 186 g/mol. The lowest BCUT2D eigenvalue weighted by atomic mass is 10.2. The molecule has 0 bridgehead atoms. The fourth-order valence-corrected chi connectivity index (χ4v) is 1.23. The van der Waals surface area contributed by atoms with Crippen LogP contribution >= 0.6 is 0 Å². The zero-order chi connectivity index (χ0) is 10.9. The average Bonchev–Trinajstić information content (AvgIpc) is 2.23. The third-order valence-corrected chi connectivity index (χ3v) is 1.98. The highest BCUT2D eigenvalue weighted by molar-refractivity contribution is 5.27. The molecule has 0 fully saturated rings. The summed E-state index contributed by atoms with van der Waals surface area (Å²) < 4.78 is 5.55. The summed E-state index contributed by atoms with van der Waals surface area (Å²) in [5.41, 5.74) is 1.22. The van der Waals surface area contributed by atoms with Gasteiger partial charge in [0.1, 0.15) is 12.4 Å². The van der Waals surface area contributed by atoms with Gasteiger partial charge in [0.05, 0.1) is 0 Å². The molecule has 1 N–H and O–H groups in total. The minimum Gasteiger partial charge on any atom is -0.492 e. The lowest BCUT2D eigenvalue weighted by Crippen LogP contribution is -2.21. The SMILES string of the molecule is C#CCCNCCOc1cccc(C)c1. The van der Waals surface area contributed by atoms with Gasteiger partial charge >= 0.3 is 0 Å². The summed E-state index contributed by atoms with van der Waals surface area (Å²) >= 11 is 0. The van der Waals surface area contributed by atoms with Crippen molar-refractivity contribution in [2.45, 2.75) is 13.3 Å². The molecule has 0 unspecified atom stereocenters. The summed E-state index contributed by atoms with van der Waals surface area (Å²) in [5, 5.41) is 3.20.